The van der Waals surface area contributed by atoms with Crippen molar-refractivity contribution in [2.75, 3.05) is 52.6 Å². The lowest BCUT2D eigenvalue weighted by Crippen LogP contribution is -2.42. The van der Waals surface area contributed by atoms with E-state index in [1.807, 2.05) is 0 Å². The maximum absolute atomic E-state index is 13.5. The third kappa shape index (κ3) is 5.76. The molecule has 2 saturated heterocycles. The van der Waals surface area contributed by atoms with Crippen LogP contribution in [0.1, 0.15) is 45.8 Å². The van der Waals surface area contributed by atoms with Gasteiger partial charge in [-0.3, -0.25) is 14.5 Å². The molecule has 3 heterocycles. The lowest BCUT2D eigenvalue weighted by molar-refractivity contribution is -0.140. The number of amides is 1. The molecule has 10 heteroatoms. The van der Waals surface area contributed by atoms with Gasteiger partial charge in [0.15, 0.2) is 0 Å². The van der Waals surface area contributed by atoms with Crippen LogP contribution in [0.5, 0.6) is 5.75 Å². The quantitative estimate of drug-likeness (QED) is 0.156. The molecular formula is C29H35N3O7. The molecule has 2 fully saturated rings. The molecule has 0 bridgehead atoms. The van der Waals surface area contributed by atoms with Crippen molar-refractivity contribution in [3.8, 4) is 5.75 Å². The highest BCUT2D eigenvalue weighted by atomic mass is 16.5. The summed E-state index contributed by atoms with van der Waals surface area (Å²) in [4.78, 5) is 45.9. The van der Waals surface area contributed by atoms with E-state index >= 15 is 0 Å². The zero-order chi connectivity index (χ0) is 28.1. The normalized spacial score (nSPS) is 19.4. The van der Waals surface area contributed by atoms with Crippen LogP contribution in [0.3, 0.4) is 0 Å². The third-order valence-electron chi connectivity index (χ3n) is 7.02. The van der Waals surface area contributed by atoms with Gasteiger partial charge in [-0.15, -0.1) is 0 Å². The molecule has 1 aromatic heterocycles. The van der Waals surface area contributed by atoms with Gasteiger partial charge in [0.05, 0.1) is 31.4 Å². The fourth-order valence-electron chi connectivity index (χ4n) is 5.08. The van der Waals surface area contributed by atoms with Gasteiger partial charge in [0.25, 0.3) is 11.7 Å². The van der Waals surface area contributed by atoms with Gasteiger partial charge in [0, 0.05) is 37.4 Å². The maximum Gasteiger partial charge on any atom is 0.355 e. The average Bonchev–Trinajstić information content (AvgIpc) is 3.38. The van der Waals surface area contributed by atoms with Crippen LogP contribution in [-0.4, -0.2) is 90.2 Å². The summed E-state index contributed by atoms with van der Waals surface area (Å²) in [5.74, 6) is -1.74. The number of esters is 1. The fourth-order valence-corrected chi connectivity index (χ4v) is 5.08. The standard InChI is InChI=1S/C29H35N3O7/c1-5-15-39-21-9-7-20(8-10-21)25-23(26(33)22-18(3)24(30-19(22)4)29(36)38-6-2)27(34)28(35)32(25)12-11-31-13-16-37-17-14-31/h5,7-10,25,30,33H,1,6,11-17H2,2-4H3/t25-/m0/s1. The van der Waals surface area contributed by atoms with Gasteiger partial charge in [-0.1, -0.05) is 24.8 Å². The topological polar surface area (TPSA) is 121 Å². The zero-order valence-corrected chi connectivity index (χ0v) is 22.6. The Bertz CT molecular complexity index is 1270. The number of Topliss-reactive ketones (excluding diaryl/α,β-unsaturated/α-hetero) is 1. The Morgan fingerprint density at radius 3 is 2.51 bits per heavy atom. The van der Waals surface area contributed by atoms with Gasteiger partial charge in [0.2, 0.25) is 0 Å². The van der Waals surface area contributed by atoms with E-state index in [0.717, 1.165) is 13.1 Å². The zero-order valence-electron chi connectivity index (χ0n) is 22.6. The number of ether oxygens (including phenoxy) is 3. The number of rotatable bonds is 10. The summed E-state index contributed by atoms with van der Waals surface area (Å²) in [7, 11) is 0. The molecule has 208 valence electrons. The van der Waals surface area contributed by atoms with Gasteiger partial charge >= 0.3 is 5.97 Å². The predicted octanol–water partition coefficient (Wildman–Crippen LogP) is 3.13. The van der Waals surface area contributed by atoms with Crippen LogP contribution in [0.4, 0.5) is 0 Å². The van der Waals surface area contributed by atoms with Crippen LogP contribution in [0.15, 0.2) is 42.5 Å². The highest BCUT2D eigenvalue weighted by Crippen LogP contribution is 2.41. The molecule has 0 radical (unpaired) electrons. The second kappa shape index (κ2) is 12.3. The number of nitrogens with zero attached hydrogens (tertiary/aromatic N) is 2. The minimum absolute atomic E-state index is 0.0256. The molecule has 39 heavy (non-hydrogen) atoms. The number of ketones is 1. The number of hydrogen-bond donors (Lipinski definition) is 2. The summed E-state index contributed by atoms with van der Waals surface area (Å²) in [5, 5.41) is 11.6. The molecule has 1 aromatic carbocycles. The number of aliphatic hydroxyl groups excluding tert-OH is 1. The monoisotopic (exact) mass is 537 g/mol. The van der Waals surface area contributed by atoms with E-state index < -0.39 is 23.7 Å². The smallest absolute Gasteiger partial charge is 0.355 e. The molecule has 2 aromatic rings. The van der Waals surface area contributed by atoms with Crippen LogP contribution in [-0.2, 0) is 19.1 Å². The van der Waals surface area contributed by atoms with Crippen molar-refractivity contribution in [3.05, 3.63) is 70.6 Å². The number of carbonyl (C=O) groups is 3. The first-order valence-corrected chi connectivity index (χ1v) is 13.1. The molecule has 0 saturated carbocycles. The molecule has 1 amide bonds. The molecule has 4 rings (SSSR count). The second-order valence-electron chi connectivity index (χ2n) is 9.46. The van der Waals surface area contributed by atoms with Gasteiger partial charge in [-0.25, -0.2) is 4.79 Å². The molecule has 2 aliphatic heterocycles. The molecule has 1 atom stereocenters. The maximum atomic E-state index is 13.5. The number of nitrogens with one attached hydrogen (secondary N) is 1. The van der Waals surface area contributed by atoms with E-state index in [1.54, 1.807) is 51.1 Å². The van der Waals surface area contributed by atoms with Crippen LogP contribution in [0.2, 0.25) is 0 Å². The number of aromatic nitrogens is 1. The van der Waals surface area contributed by atoms with Crippen molar-refractivity contribution < 1.29 is 33.7 Å². The highest BCUT2D eigenvalue weighted by Gasteiger charge is 2.46. The number of hydrogen-bond acceptors (Lipinski definition) is 8. The Hall–Kier alpha value is -3.89. The summed E-state index contributed by atoms with van der Waals surface area (Å²) in [6.07, 6.45) is 1.64. The van der Waals surface area contributed by atoms with E-state index in [4.69, 9.17) is 14.2 Å². The van der Waals surface area contributed by atoms with E-state index in [9.17, 15) is 19.5 Å². The van der Waals surface area contributed by atoms with E-state index in [1.165, 1.54) is 4.90 Å². The van der Waals surface area contributed by atoms with Crippen molar-refractivity contribution in [1.29, 1.82) is 0 Å². The second-order valence-corrected chi connectivity index (χ2v) is 9.46. The number of H-pyrrole nitrogens is 1. The van der Waals surface area contributed by atoms with Gasteiger partial charge in [0.1, 0.15) is 23.8 Å². The number of likely N-dealkylation sites (tertiary alicyclic amines) is 1. The van der Waals surface area contributed by atoms with Crippen molar-refractivity contribution in [2.45, 2.75) is 26.8 Å². The number of carbonyl (C=O) groups excluding carboxylic acids is 3. The number of aromatic amines is 1. The van der Waals surface area contributed by atoms with E-state index in [-0.39, 0.29) is 23.6 Å². The number of morpholine rings is 1. The Morgan fingerprint density at radius 2 is 1.87 bits per heavy atom. The first kappa shape index (κ1) is 28.1. The molecule has 0 unspecified atom stereocenters. The minimum Gasteiger partial charge on any atom is -0.507 e. The summed E-state index contributed by atoms with van der Waals surface area (Å²) in [6, 6.07) is 6.26. The number of aryl methyl sites for hydroxylation is 1. The van der Waals surface area contributed by atoms with Crippen LogP contribution in [0.25, 0.3) is 5.76 Å². The molecule has 2 N–H and O–H groups in total. The molecule has 0 aliphatic carbocycles. The molecule has 2 aliphatic rings. The van der Waals surface area contributed by atoms with E-state index in [2.05, 4.69) is 16.5 Å². The Balaban J connectivity index is 1.77. The van der Waals surface area contributed by atoms with E-state index in [0.29, 0.717) is 61.0 Å². The summed E-state index contributed by atoms with van der Waals surface area (Å²) >= 11 is 0. The highest BCUT2D eigenvalue weighted by molar-refractivity contribution is 6.46. The van der Waals surface area contributed by atoms with Gasteiger partial charge in [-0.2, -0.15) is 0 Å². The predicted molar refractivity (Wildman–Crippen MR) is 145 cm³/mol. The summed E-state index contributed by atoms with van der Waals surface area (Å²) in [6.45, 7) is 12.8. The average molecular weight is 538 g/mol. The van der Waals surface area contributed by atoms with Crippen LogP contribution >= 0.6 is 0 Å². The Morgan fingerprint density at radius 1 is 1.18 bits per heavy atom. The number of aliphatic hydroxyl groups is 1. The fraction of sp³-hybridized carbons (Fsp3) is 0.414. The summed E-state index contributed by atoms with van der Waals surface area (Å²) < 4.78 is 16.1. The van der Waals surface area contributed by atoms with Crippen LogP contribution in [0, 0.1) is 13.8 Å². The number of benzene rings is 1. The third-order valence-corrected chi connectivity index (χ3v) is 7.02. The lowest BCUT2D eigenvalue weighted by Gasteiger charge is -2.31. The lowest BCUT2D eigenvalue weighted by atomic mass is 9.94. The van der Waals surface area contributed by atoms with Crippen molar-refractivity contribution in [1.82, 2.24) is 14.8 Å². The summed E-state index contributed by atoms with van der Waals surface area (Å²) in [5.41, 5.74) is 2.05. The SMILES string of the molecule is C=CCOc1ccc([C@H]2C(=C(O)c3c(C)[nH]c(C(=O)OCC)c3C)C(=O)C(=O)N2CCN2CCOCC2)cc1. The first-order valence-electron chi connectivity index (χ1n) is 13.1. The molecule has 10 nitrogen and oxygen atoms in total. The molecular weight excluding hydrogens is 502 g/mol. The van der Waals surface area contributed by atoms with Gasteiger partial charge in [-0.05, 0) is 44.0 Å². The van der Waals surface area contributed by atoms with Crippen molar-refractivity contribution in [3.63, 3.8) is 0 Å². The Labute approximate surface area is 227 Å². The minimum atomic E-state index is -0.820. The largest absolute Gasteiger partial charge is 0.507 e. The first-order chi connectivity index (χ1) is 18.8. The Kier molecular flexibility index (Phi) is 8.88. The molecule has 0 spiro atoms. The van der Waals surface area contributed by atoms with Crippen LogP contribution < -0.4 is 4.74 Å². The van der Waals surface area contributed by atoms with Crippen molar-refractivity contribution >= 4 is 23.4 Å². The van der Waals surface area contributed by atoms with Gasteiger partial charge < -0.3 is 29.2 Å². The van der Waals surface area contributed by atoms with Crippen molar-refractivity contribution in [2.24, 2.45) is 0 Å².